The SMILES string of the molecule is CC(O)C(NC(=S)Nc1ccccc1)C(=O)O. The number of carboxylic acids is 1. The molecule has 5 nitrogen and oxygen atoms in total. The number of nitrogens with one attached hydrogen (secondary N) is 2. The largest absolute Gasteiger partial charge is 0.480 e. The smallest absolute Gasteiger partial charge is 0.328 e. The number of rotatable bonds is 4. The van der Waals surface area contributed by atoms with Crippen LogP contribution in [0.25, 0.3) is 0 Å². The van der Waals surface area contributed by atoms with E-state index in [9.17, 15) is 9.90 Å². The highest BCUT2D eigenvalue weighted by Crippen LogP contribution is 2.05. The molecule has 0 aliphatic carbocycles. The minimum atomic E-state index is -1.16. The molecule has 1 rings (SSSR count). The summed E-state index contributed by atoms with van der Waals surface area (Å²) in [6.07, 6.45) is -1.04. The third kappa shape index (κ3) is 4.38. The number of hydrogen-bond donors (Lipinski definition) is 4. The summed E-state index contributed by atoms with van der Waals surface area (Å²) in [7, 11) is 0. The number of para-hydroxylation sites is 1. The first kappa shape index (κ1) is 13.4. The number of thiocarbonyl (C=S) groups is 1. The lowest BCUT2D eigenvalue weighted by molar-refractivity contribution is -0.141. The molecular weight excluding hydrogens is 240 g/mol. The molecule has 0 saturated heterocycles. The van der Waals surface area contributed by atoms with Crippen LogP contribution in [0.15, 0.2) is 30.3 Å². The fourth-order valence-corrected chi connectivity index (χ4v) is 1.46. The summed E-state index contributed by atoms with van der Waals surface area (Å²) in [4.78, 5) is 10.8. The van der Waals surface area contributed by atoms with Crippen LogP contribution in [0.4, 0.5) is 5.69 Å². The van der Waals surface area contributed by atoms with Crippen LogP contribution in [0.2, 0.25) is 0 Å². The molecular formula is C11H14N2O3S. The van der Waals surface area contributed by atoms with E-state index in [1.54, 1.807) is 12.1 Å². The number of hydrogen-bond acceptors (Lipinski definition) is 3. The van der Waals surface area contributed by atoms with Crippen molar-refractivity contribution in [1.29, 1.82) is 0 Å². The number of aliphatic hydroxyl groups is 1. The molecule has 0 heterocycles. The van der Waals surface area contributed by atoms with Crippen LogP contribution in [0, 0.1) is 0 Å². The van der Waals surface area contributed by atoms with E-state index < -0.39 is 18.1 Å². The number of anilines is 1. The van der Waals surface area contributed by atoms with Crippen molar-refractivity contribution in [3.63, 3.8) is 0 Å². The molecule has 0 aromatic heterocycles. The summed E-state index contributed by atoms with van der Waals surface area (Å²) < 4.78 is 0. The highest BCUT2D eigenvalue weighted by Gasteiger charge is 2.23. The molecule has 6 heteroatoms. The molecule has 0 bridgehead atoms. The lowest BCUT2D eigenvalue weighted by Gasteiger charge is -2.19. The number of benzene rings is 1. The van der Waals surface area contributed by atoms with E-state index in [0.29, 0.717) is 0 Å². The first-order valence-corrected chi connectivity index (χ1v) is 5.45. The third-order valence-electron chi connectivity index (χ3n) is 2.07. The summed E-state index contributed by atoms with van der Waals surface area (Å²) in [5.41, 5.74) is 0.750. The van der Waals surface area contributed by atoms with E-state index in [4.69, 9.17) is 17.3 Å². The van der Waals surface area contributed by atoms with Crippen LogP contribution in [0.3, 0.4) is 0 Å². The maximum atomic E-state index is 10.8. The Hall–Kier alpha value is -1.66. The van der Waals surface area contributed by atoms with Crippen molar-refractivity contribution in [3.05, 3.63) is 30.3 Å². The van der Waals surface area contributed by atoms with Gasteiger partial charge in [0.25, 0.3) is 0 Å². The number of aliphatic hydroxyl groups excluding tert-OH is 1. The first-order chi connectivity index (χ1) is 8.00. The minimum absolute atomic E-state index is 0.157. The molecule has 92 valence electrons. The molecule has 0 aliphatic rings. The van der Waals surface area contributed by atoms with Gasteiger partial charge in [0.1, 0.15) is 0 Å². The summed E-state index contributed by atoms with van der Waals surface area (Å²) >= 11 is 4.95. The zero-order chi connectivity index (χ0) is 12.8. The van der Waals surface area contributed by atoms with E-state index in [1.807, 2.05) is 18.2 Å². The molecule has 0 amide bonds. The standard InChI is InChI=1S/C11H14N2O3S/c1-7(14)9(10(15)16)13-11(17)12-8-5-3-2-4-6-8/h2-7,9,14H,1H3,(H,15,16)(H2,12,13,17). The molecule has 17 heavy (non-hydrogen) atoms. The van der Waals surface area contributed by atoms with Crippen LogP contribution in [-0.4, -0.2) is 33.4 Å². The van der Waals surface area contributed by atoms with E-state index in [-0.39, 0.29) is 5.11 Å². The van der Waals surface area contributed by atoms with Crippen molar-refractivity contribution < 1.29 is 15.0 Å². The monoisotopic (exact) mass is 254 g/mol. The van der Waals surface area contributed by atoms with Crippen LogP contribution < -0.4 is 10.6 Å². The number of carboxylic acid groups (broad SMARTS) is 1. The molecule has 2 atom stereocenters. The van der Waals surface area contributed by atoms with Gasteiger partial charge >= 0.3 is 5.97 Å². The summed E-state index contributed by atoms with van der Waals surface area (Å²) in [6, 6.07) is 7.98. The second kappa shape index (κ2) is 6.17. The maximum absolute atomic E-state index is 10.8. The summed E-state index contributed by atoms with van der Waals surface area (Å²) in [5, 5.41) is 23.6. The molecule has 1 aromatic rings. The molecule has 0 aliphatic heterocycles. The number of aliphatic carboxylic acids is 1. The predicted molar refractivity (Wildman–Crippen MR) is 68.9 cm³/mol. The Balaban J connectivity index is 2.57. The zero-order valence-electron chi connectivity index (χ0n) is 9.25. The van der Waals surface area contributed by atoms with Crippen LogP contribution in [-0.2, 0) is 4.79 Å². The van der Waals surface area contributed by atoms with E-state index in [2.05, 4.69) is 10.6 Å². The second-order valence-corrected chi connectivity index (χ2v) is 3.93. The molecule has 0 spiro atoms. The number of carbonyl (C=O) groups is 1. The molecule has 0 fully saturated rings. The Morgan fingerprint density at radius 1 is 1.35 bits per heavy atom. The summed E-state index contributed by atoms with van der Waals surface area (Å²) in [5.74, 6) is -1.16. The van der Waals surface area contributed by atoms with Gasteiger partial charge in [-0.2, -0.15) is 0 Å². The second-order valence-electron chi connectivity index (χ2n) is 3.52. The van der Waals surface area contributed by atoms with Gasteiger partial charge in [-0.1, -0.05) is 18.2 Å². The van der Waals surface area contributed by atoms with Crippen molar-refractivity contribution in [1.82, 2.24) is 5.32 Å². The Morgan fingerprint density at radius 2 is 1.94 bits per heavy atom. The lowest BCUT2D eigenvalue weighted by Crippen LogP contribution is -2.49. The van der Waals surface area contributed by atoms with Gasteiger partial charge in [0.2, 0.25) is 0 Å². The van der Waals surface area contributed by atoms with Crippen molar-refractivity contribution in [2.24, 2.45) is 0 Å². The van der Waals surface area contributed by atoms with Crippen LogP contribution in [0.5, 0.6) is 0 Å². The summed E-state index contributed by atoms with van der Waals surface area (Å²) in [6.45, 7) is 1.39. The molecule has 4 N–H and O–H groups in total. The van der Waals surface area contributed by atoms with Gasteiger partial charge in [0.05, 0.1) is 6.10 Å². The lowest BCUT2D eigenvalue weighted by atomic mass is 10.2. The normalized spacial score (nSPS) is 13.5. The van der Waals surface area contributed by atoms with E-state index in [0.717, 1.165) is 5.69 Å². The zero-order valence-corrected chi connectivity index (χ0v) is 10.1. The Bertz CT molecular complexity index is 395. The molecule has 0 radical (unpaired) electrons. The Labute approximate surface area is 104 Å². The van der Waals surface area contributed by atoms with Gasteiger partial charge in [0.15, 0.2) is 11.2 Å². The van der Waals surface area contributed by atoms with Gasteiger partial charge in [0, 0.05) is 5.69 Å². The van der Waals surface area contributed by atoms with Crippen molar-refractivity contribution in [3.8, 4) is 0 Å². The fraction of sp³-hybridized carbons (Fsp3) is 0.273. The molecule has 1 aromatic carbocycles. The van der Waals surface area contributed by atoms with Crippen LogP contribution in [0.1, 0.15) is 6.92 Å². The van der Waals surface area contributed by atoms with Gasteiger partial charge in [-0.05, 0) is 31.3 Å². The predicted octanol–water partition coefficient (Wildman–Crippen LogP) is 0.807. The molecule has 2 unspecified atom stereocenters. The molecule has 0 saturated carbocycles. The van der Waals surface area contributed by atoms with Gasteiger partial charge in [-0.3, -0.25) is 0 Å². The minimum Gasteiger partial charge on any atom is -0.480 e. The van der Waals surface area contributed by atoms with Gasteiger partial charge in [-0.25, -0.2) is 4.79 Å². The topological polar surface area (TPSA) is 81.6 Å². The van der Waals surface area contributed by atoms with Crippen molar-refractivity contribution >= 4 is 29.0 Å². The third-order valence-corrected chi connectivity index (χ3v) is 2.29. The maximum Gasteiger partial charge on any atom is 0.328 e. The van der Waals surface area contributed by atoms with E-state index >= 15 is 0 Å². The average Bonchev–Trinajstić information content (AvgIpc) is 2.26. The fourth-order valence-electron chi connectivity index (χ4n) is 1.22. The van der Waals surface area contributed by atoms with Crippen molar-refractivity contribution in [2.45, 2.75) is 19.1 Å². The Morgan fingerprint density at radius 3 is 2.41 bits per heavy atom. The Kier molecular flexibility index (Phi) is 4.86. The van der Waals surface area contributed by atoms with Crippen molar-refractivity contribution in [2.75, 3.05) is 5.32 Å². The highest BCUT2D eigenvalue weighted by molar-refractivity contribution is 7.80. The van der Waals surface area contributed by atoms with Gasteiger partial charge in [-0.15, -0.1) is 0 Å². The quantitative estimate of drug-likeness (QED) is 0.595. The first-order valence-electron chi connectivity index (χ1n) is 5.04. The van der Waals surface area contributed by atoms with E-state index in [1.165, 1.54) is 6.92 Å². The van der Waals surface area contributed by atoms with Crippen LogP contribution >= 0.6 is 12.2 Å². The average molecular weight is 254 g/mol. The van der Waals surface area contributed by atoms with Gasteiger partial charge < -0.3 is 20.8 Å². The highest BCUT2D eigenvalue weighted by atomic mass is 32.1.